The van der Waals surface area contributed by atoms with Crippen LogP contribution in [0.1, 0.15) is 37.9 Å². The molecule has 0 radical (unpaired) electrons. The molecule has 0 fully saturated rings. The van der Waals surface area contributed by atoms with Gasteiger partial charge in [-0.1, -0.05) is 29.5 Å². The van der Waals surface area contributed by atoms with E-state index in [9.17, 15) is 14.4 Å². The van der Waals surface area contributed by atoms with Crippen molar-refractivity contribution in [1.82, 2.24) is 4.57 Å². The van der Waals surface area contributed by atoms with E-state index in [4.69, 9.17) is 18.9 Å². The molecule has 0 unspecified atom stereocenters. The molecular formula is C27H26N2O7S. The Morgan fingerprint density at radius 1 is 1.11 bits per heavy atom. The van der Waals surface area contributed by atoms with Crippen molar-refractivity contribution in [2.24, 2.45) is 4.99 Å². The minimum atomic E-state index is -0.827. The van der Waals surface area contributed by atoms with Crippen LogP contribution >= 0.6 is 11.3 Å². The van der Waals surface area contributed by atoms with E-state index < -0.39 is 18.0 Å². The van der Waals surface area contributed by atoms with Gasteiger partial charge in [0.25, 0.3) is 5.56 Å². The molecule has 0 saturated heterocycles. The fourth-order valence-electron chi connectivity index (χ4n) is 4.08. The van der Waals surface area contributed by atoms with Gasteiger partial charge in [0.1, 0.15) is 5.75 Å². The molecule has 1 aliphatic rings. The van der Waals surface area contributed by atoms with Crippen LogP contribution in [-0.4, -0.2) is 37.3 Å². The van der Waals surface area contributed by atoms with Gasteiger partial charge in [-0.05, 0) is 55.3 Å². The number of benzene rings is 2. The minimum absolute atomic E-state index is 0.224. The lowest BCUT2D eigenvalue weighted by Gasteiger charge is -2.25. The third-order valence-corrected chi connectivity index (χ3v) is 6.66. The maximum absolute atomic E-state index is 13.7. The molecule has 1 aromatic heterocycles. The molecule has 0 bridgehead atoms. The Hall–Kier alpha value is -4.18. The summed E-state index contributed by atoms with van der Waals surface area (Å²) >= 11 is 1.23. The van der Waals surface area contributed by atoms with Crippen molar-refractivity contribution in [3.05, 3.63) is 84.5 Å². The molecule has 0 spiro atoms. The summed E-state index contributed by atoms with van der Waals surface area (Å²) in [6.45, 7) is 5.46. The van der Waals surface area contributed by atoms with E-state index in [1.54, 1.807) is 31.2 Å². The van der Waals surface area contributed by atoms with Crippen molar-refractivity contribution in [2.75, 3.05) is 20.8 Å². The van der Waals surface area contributed by atoms with E-state index >= 15 is 0 Å². The lowest BCUT2D eigenvalue weighted by atomic mass is 9.95. The van der Waals surface area contributed by atoms with Gasteiger partial charge in [-0.25, -0.2) is 9.79 Å². The highest BCUT2D eigenvalue weighted by Crippen LogP contribution is 2.36. The predicted molar refractivity (Wildman–Crippen MR) is 138 cm³/mol. The Bertz CT molecular complexity index is 1570. The smallest absolute Gasteiger partial charge is 0.338 e. The summed E-state index contributed by atoms with van der Waals surface area (Å²) < 4.78 is 23.1. The Balaban J connectivity index is 1.90. The molecule has 0 aliphatic carbocycles. The zero-order chi connectivity index (χ0) is 26.7. The molecule has 3 aromatic rings. The summed E-state index contributed by atoms with van der Waals surface area (Å²) in [6, 6.07) is 11.5. The van der Waals surface area contributed by atoms with Crippen molar-refractivity contribution >= 4 is 29.4 Å². The van der Waals surface area contributed by atoms with Gasteiger partial charge < -0.3 is 18.9 Å². The first kappa shape index (κ1) is 25.9. The maximum atomic E-state index is 13.7. The predicted octanol–water partition coefficient (Wildman–Crippen LogP) is 2.74. The van der Waals surface area contributed by atoms with Gasteiger partial charge in [0, 0.05) is 6.92 Å². The molecule has 192 valence electrons. The topological polar surface area (TPSA) is 105 Å². The number of carbonyl (C=O) groups is 2. The largest absolute Gasteiger partial charge is 0.494 e. The molecule has 37 heavy (non-hydrogen) atoms. The van der Waals surface area contributed by atoms with Crippen LogP contribution in [0.3, 0.4) is 0 Å². The molecule has 0 N–H and O–H groups in total. The summed E-state index contributed by atoms with van der Waals surface area (Å²) in [6.07, 6.45) is 1.78. The summed E-state index contributed by atoms with van der Waals surface area (Å²) in [4.78, 5) is 43.0. The van der Waals surface area contributed by atoms with E-state index in [0.29, 0.717) is 27.2 Å². The number of fused-ring (bicyclic) bond motifs is 1. The standard InChI is InChI=1S/C27H26N2O7S/c1-6-35-19-10-7-17(8-11-19)13-22-25(31)29-24(23(26(32)34-5)15(2)28-27(29)37-22)18-9-12-20(36-16(3)30)21(14-18)33-4/h7-14,24H,6H2,1-5H3/b22-13+/t24-/m0/s1. The highest BCUT2D eigenvalue weighted by molar-refractivity contribution is 7.07. The highest BCUT2D eigenvalue weighted by Gasteiger charge is 2.33. The van der Waals surface area contributed by atoms with Gasteiger partial charge in [0.05, 0.1) is 42.7 Å². The molecule has 2 heterocycles. The first-order valence-corrected chi connectivity index (χ1v) is 12.3. The number of methoxy groups -OCH3 is 2. The van der Waals surface area contributed by atoms with Crippen LogP contribution in [0, 0.1) is 0 Å². The number of thiazole rings is 1. The van der Waals surface area contributed by atoms with Crippen LogP contribution in [0.4, 0.5) is 0 Å². The van der Waals surface area contributed by atoms with Crippen LogP contribution in [-0.2, 0) is 14.3 Å². The summed E-state index contributed by atoms with van der Waals surface area (Å²) in [5, 5.41) is 0. The Kier molecular flexibility index (Phi) is 7.58. The van der Waals surface area contributed by atoms with Gasteiger partial charge in [-0.3, -0.25) is 14.2 Å². The van der Waals surface area contributed by atoms with Crippen LogP contribution in [0.5, 0.6) is 17.2 Å². The zero-order valence-electron chi connectivity index (χ0n) is 21.1. The fraction of sp³-hybridized carbons (Fsp3) is 0.259. The van der Waals surface area contributed by atoms with Crippen molar-refractivity contribution in [2.45, 2.75) is 26.8 Å². The second kappa shape index (κ2) is 10.8. The lowest BCUT2D eigenvalue weighted by Crippen LogP contribution is -2.39. The van der Waals surface area contributed by atoms with Crippen molar-refractivity contribution in [1.29, 1.82) is 0 Å². The Labute approximate surface area is 216 Å². The average Bonchev–Trinajstić information content (AvgIpc) is 3.18. The number of carbonyl (C=O) groups excluding carboxylic acids is 2. The zero-order valence-corrected chi connectivity index (χ0v) is 21.9. The van der Waals surface area contributed by atoms with E-state index in [2.05, 4.69) is 4.99 Å². The quantitative estimate of drug-likeness (QED) is 0.347. The number of hydrogen-bond acceptors (Lipinski definition) is 9. The molecule has 0 amide bonds. The molecule has 1 aliphatic heterocycles. The summed E-state index contributed by atoms with van der Waals surface area (Å²) in [7, 11) is 2.72. The molecule has 10 heteroatoms. The summed E-state index contributed by atoms with van der Waals surface area (Å²) in [5.74, 6) is 0.144. The summed E-state index contributed by atoms with van der Waals surface area (Å²) in [5.41, 5.74) is 1.75. The van der Waals surface area contributed by atoms with E-state index in [0.717, 1.165) is 11.3 Å². The normalized spacial score (nSPS) is 15.1. The minimum Gasteiger partial charge on any atom is -0.494 e. The lowest BCUT2D eigenvalue weighted by molar-refractivity contribution is -0.136. The Morgan fingerprint density at radius 2 is 1.84 bits per heavy atom. The molecule has 1 atom stereocenters. The van der Waals surface area contributed by atoms with Gasteiger partial charge in [-0.15, -0.1) is 0 Å². The molecule has 2 aromatic carbocycles. The van der Waals surface area contributed by atoms with E-state index in [1.165, 1.54) is 37.0 Å². The van der Waals surface area contributed by atoms with Crippen LogP contribution < -0.4 is 29.1 Å². The van der Waals surface area contributed by atoms with Gasteiger partial charge in [-0.2, -0.15) is 0 Å². The number of allylic oxidation sites excluding steroid dienone is 1. The number of nitrogens with zero attached hydrogens (tertiary/aromatic N) is 2. The number of rotatable bonds is 7. The first-order chi connectivity index (χ1) is 17.8. The van der Waals surface area contributed by atoms with E-state index in [1.807, 2.05) is 31.2 Å². The van der Waals surface area contributed by atoms with Crippen molar-refractivity contribution in [3.63, 3.8) is 0 Å². The molecule has 9 nitrogen and oxygen atoms in total. The number of aromatic nitrogens is 1. The highest BCUT2D eigenvalue weighted by atomic mass is 32.1. The fourth-order valence-corrected chi connectivity index (χ4v) is 5.13. The van der Waals surface area contributed by atoms with Gasteiger partial charge in [0.2, 0.25) is 0 Å². The monoisotopic (exact) mass is 522 g/mol. The van der Waals surface area contributed by atoms with E-state index in [-0.39, 0.29) is 22.6 Å². The van der Waals surface area contributed by atoms with Crippen LogP contribution in [0.25, 0.3) is 6.08 Å². The average molecular weight is 523 g/mol. The van der Waals surface area contributed by atoms with Gasteiger partial charge >= 0.3 is 11.9 Å². The number of hydrogen-bond donors (Lipinski definition) is 0. The SMILES string of the molecule is CCOc1ccc(/C=c2/sc3n(c2=O)[C@@H](c2ccc(OC(C)=O)c(OC)c2)C(C(=O)OC)=C(C)N=3)cc1. The second-order valence-corrected chi connectivity index (χ2v) is 9.09. The van der Waals surface area contributed by atoms with Gasteiger partial charge in [0.15, 0.2) is 16.3 Å². The Morgan fingerprint density at radius 3 is 2.46 bits per heavy atom. The molecule has 4 rings (SSSR count). The molecule has 0 saturated carbocycles. The van der Waals surface area contributed by atoms with Crippen LogP contribution in [0.2, 0.25) is 0 Å². The second-order valence-electron chi connectivity index (χ2n) is 8.08. The van der Waals surface area contributed by atoms with Crippen molar-refractivity contribution in [3.8, 4) is 17.2 Å². The number of ether oxygens (including phenoxy) is 4. The number of esters is 2. The third-order valence-electron chi connectivity index (χ3n) is 5.67. The van der Waals surface area contributed by atoms with Crippen LogP contribution in [0.15, 0.2) is 63.5 Å². The third kappa shape index (κ3) is 5.19. The maximum Gasteiger partial charge on any atom is 0.338 e. The first-order valence-electron chi connectivity index (χ1n) is 11.5. The van der Waals surface area contributed by atoms with Crippen molar-refractivity contribution < 1.29 is 28.5 Å². The molecular weight excluding hydrogens is 496 g/mol.